The van der Waals surface area contributed by atoms with E-state index in [1.54, 1.807) is 18.2 Å². The summed E-state index contributed by atoms with van der Waals surface area (Å²) in [6.07, 6.45) is 2.69. The third kappa shape index (κ3) is 5.50. The SMILES string of the molecule is CC(C)CC(=O)Oc1ccccc1C(=O)NC1NC=C(S(C)(=O)=O)S1. The van der Waals surface area contributed by atoms with Crippen molar-refractivity contribution in [3.8, 4) is 5.75 Å². The standard InChI is InChI=1S/C16H20N2O5S2/c1-10(2)8-13(19)23-12-7-5-4-6-11(12)15(20)18-16-17-9-14(24-16)25(3,21)22/h4-7,9-10,16-17H,8H2,1-3H3,(H,18,20). The molecule has 25 heavy (non-hydrogen) atoms. The summed E-state index contributed by atoms with van der Waals surface area (Å²) < 4.78 is 28.4. The quantitative estimate of drug-likeness (QED) is 0.570. The van der Waals surface area contributed by atoms with E-state index in [0.717, 1.165) is 18.0 Å². The number of ether oxygens (including phenoxy) is 1. The topological polar surface area (TPSA) is 102 Å². The van der Waals surface area contributed by atoms with Gasteiger partial charge in [-0.15, -0.1) is 0 Å². The van der Waals surface area contributed by atoms with Crippen molar-refractivity contribution in [1.29, 1.82) is 0 Å². The first-order valence-corrected chi connectivity index (χ1v) is 10.4. The fraction of sp³-hybridized carbons (Fsp3) is 0.375. The molecule has 0 aliphatic carbocycles. The minimum Gasteiger partial charge on any atom is -0.426 e. The predicted octanol–water partition coefficient (Wildman–Crippen LogP) is 1.83. The summed E-state index contributed by atoms with van der Waals surface area (Å²) >= 11 is 0.991. The molecule has 1 aliphatic rings. The van der Waals surface area contributed by atoms with Gasteiger partial charge in [0.25, 0.3) is 5.91 Å². The molecule has 7 nitrogen and oxygen atoms in total. The molecule has 1 unspecified atom stereocenters. The zero-order valence-corrected chi connectivity index (χ0v) is 15.7. The lowest BCUT2D eigenvalue weighted by molar-refractivity contribution is -0.135. The molecule has 1 aliphatic heterocycles. The van der Waals surface area contributed by atoms with Crippen LogP contribution in [0.4, 0.5) is 0 Å². The van der Waals surface area contributed by atoms with E-state index < -0.39 is 27.2 Å². The van der Waals surface area contributed by atoms with Crippen LogP contribution in [0.5, 0.6) is 5.75 Å². The molecule has 9 heteroatoms. The molecular weight excluding hydrogens is 364 g/mol. The average Bonchev–Trinajstić information content (AvgIpc) is 2.95. The Balaban J connectivity index is 2.04. The van der Waals surface area contributed by atoms with Crippen LogP contribution in [0.2, 0.25) is 0 Å². The van der Waals surface area contributed by atoms with E-state index >= 15 is 0 Å². The second-order valence-electron chi connectivity index (χ2n) is 5.94. The lowest BCUT2D eigenvalue weighted by atomic mass is 10.1. The fourth-order valence-electron chi connectivity index (χ4n) is 2.03. The van der Waals surface area contributed by atoms with Crippen molar-refractivity contribution >= 4 is 33.5 Å². The molecule has 2 rings (SSSR count). The molecule has 0 spiro atoms. The molecule has 0 saturated carbocycles. The summed E-state index contributed by atoms with van der Waals surface area (Å²) in [6, 6.07) is 6.41. The minimum absolute atomic E-state index is 0.146. The van der Waals surface area contributed by atoms with Crippen LogP contribution in [0.25, 0.3) is 0 Å². The Bertz CT molecular complexity index is 802. The largest absolute Gasteiger partial charge is 0.426 e. The van der Waals surface area contributed by atoms with Gasteiger partial charge in [-0.1, -0.05) is 37.7 Å². The van der Waals surface area contributed by atoms with E-state index in [2.05, 4.69) is 10.6 Å². The van der Waals surface area contributed by atoms with Crippen LogP contribution in [-0.2, 0) is 14.6 Å². The number of hydrogen-bond acceptors (Lipinski definition) is 7. The van der Waals surface area contributed by atoms with Gasteiger partial charge in [0.1, 0.15) is 9.99 Å². The molecule has 0 aromatic heterocycles. The first kappa shape index (κ1) is 19.3. The highest BCUT2D eigenvalue weighted by molar-refractivity contribution is 8.18. The van der Waals surface area contributed by atoms with Crippen molar-refractivity contribution in [2.24, 2.45) is 5.92 Å². The summed E-state index contributed by atoms with van der Waals surface area (Å²) in [5.41, 5.74) is -0.411. The Hall–Kier alpha value is -2.00. The number of carbonyl (C=O) groups is 2. The van der Waals surface area contributed by atoms with Gasteiger partial charge < -0.3 is 15.4 Å². The van der Waals surface area contributed by atoms with Gasteiger partial charge in [-0.3, -0.25) is 9.59 Å². The average molecular weight is 384 g/mol. The summed E-state index contributed by atoms with van der Waals surface area (Å²) in [6.45, 7) is 3.80. The van der Waals surface area contributed by atoms with Crippen molar-refractivity contribution in [2.45, 2.75) is 25.8 Å². The third-order valence-electron chi connectivity index (χ3n) is 3.14. The van der Waals surface area contributed by atoms with Crippen LogP contribution in [0.3, 0.4) is 0 Å². The highest BCUT2D eigenvalue weighted by Crippen LogP contribution is 2.28. The van der Waals surface area contributed by atoms with E-state index in [1.807, 2.05) is 13.8 Å². The lowest BCUT2D eigenvalue weighted by Crippen LogP contribution is -2.38. The van der Waals surface area contributed by atoms with E-state index in [1.165, 1.54) is 12.3 Å². The van der Waals surface area contributed by atoms with Crippen molar-refractivity contribution in [3.63, 3.8) is 0 Å². The number of thioether (sulfide) groups is 1. The minimum atomic E-state index is -3.33. The number of benzene rings is 1. The van der Waals surface area contributed by atoms with Crippen LogP contribution in [-0.4, -0.2) is 32.0 Å². The number of amides is 1. The number of rotatable bonds is 6. The Kier molecular flexibility index (Phi) is 6.12. The van der Waals surface area contributed by atoms with Gasteiger partial charge in [-0.25, -0.2) is 8.42 Å². The zero-order chi connectivity index (χ0) is 18.6. The van der Waals surface area contributed by atoms with Crippen molar-refractivity contribution in [2.75, 3.05) is 6.26 Å². The van der Waals surface area contributed by atoms with Gasteiger partial charge in [0.2, 0.25) is 0 Å². The maximum Gasteiger partial charge on any atom is 0.311 e. The van der Waals surface area contributed by atoms with Crippen LogP contribution < -0.4 is 15.4 Å². The van der Waals surface area contributed by atoms with Crippen LogP contribution >= 0.6 is 11.8 Å². The van der Waals surface area contributed by atoms with Gasteiger partial charge in [-0.05, 0) is 18.1 Å². The van der Waals surface area contributed by atoms with Gasteiger partial charge in [0.05, 0.1) is 5.56 Å². The molecule has 1 amide bonds. The van der Waals surface area contributed by atoms with Gasteiger partial charge in [-0.2, -0.15) is 0 Å². The second-order valence-corrected chi connectivity index (χ2v) is 9.33. The molecule has 2 N–H and O–H groups in total. The molecule has 1 aromatic rings. The summed E-state index contributed by atoms with van der Waals surface area (Å²) in [5, 5.41) is 5.44. The molecule has 1 atom stereocenters. The number of esters is 1. The normalized spacial score (nSPS) is 17.0. The van der Waals surface area contributed by atoms with Crippen molar-refractivity contribution < 1.29 is 22.7 Å². The Labute approximate surface area is 151 Å². The third-order valence-corrected chi connectivity index (χ3v) is 6.03. The zero-order valence-electron chi connectivity index (χ0n) is 14.1. The number of para-hydroxylation sites is 1. The summed E-state index contributed by atoms with van der Waals surface area (Å²) in [5.74, 6) is -0.566. The Morgan fingerprint density at radius 3 is 2.60 bits per heavy atom. The van der Waals surface area contributed by atoms with E-state index in [0.29, 0.717) is 0 Å². The fourth-order valence-corrected chi connectivity index (χ4v) is 3.97. The molecule has 0 bridgehead atoms. The lowest BCUT2D eigenvalue weighted by Gasteiger charge is -2.15. The molecular formula is C16H20N2O5S2. The maximum absolute atomic E-state index is 12.5. The Morgan fingerprint density at radius 2 is 2.00 bits per heavy atom. The second kappa shape index (κ2) is 7.92. The van der Waals surface area contributed by atoms with Crippen LogP contribution in [0.15, 0.2) is 34.7 Å². The summed E-state index contributed by atoms with van der Waals surface area (Å²) in [4.78, 5) is 24.3. The van der Waals surface area contributed by atoms with Gasteiger partial charge >= 0.3 is 5.97 Å². The number of hydrogen-bond donors (Lipinski definition) is 2. The van der Waals surface area contributed by atoms with Crippen LogP contribution in [0, 0.1) is 5.92 Å². The number of sulfone groups is 1. The van der Waals surface area contributed by atoms with Gasteiger partial charge in [0, 0.05) is 18.9 Å². The molecule has 0 saturated heterocycles. The van der Waals surface area contributed by atoms with E-state index in [9.17, 15) is 18.0 Å². The molecule has 1 aromatic carbocycles. The first-order chi connectivity index (χ1) is 11.7. The smallest absolute Gasteiger partial charge is 0.311 e. The van der Waals surface area contributed by atoms with Crippen molar-refractivity contribution in [3.05, 3.63) is 40.3 Å². The predicted molar refractivity (Wildman–Crippen MR) is 96.4 cm³/mol. The van der Waals surface area contributed by atoms with E-state index in [-0.39, 0.29) is 27.9 Å². The first-order valence-electron chi connectivity index (χ1n) is 7.60. The van der Waals surface area contributed by atoms with Gasteiger partial charge in [0.15, 0.2) is 15.3 Å². The monoisotopic (exact) mass is 384 g/mol. The molecule has 1 heterocycles. The number of nitrogens with one attached hydrogen (secondary N) is 2. The van der Waals surface area contributed by atoms with E-state index in [4.69, 9.17) is 4.74 Å². The highest BCUT2D eigenvalue weighted by atomic mass is 32.3. The highest BCUT2D eigenvalue weighted by Gasteiger charge is 2.26. The maximum atomic E-state index is 12.5. The Morgan fingerprint density at radius 1 is 1.32 bits per heavy atom. The number of carbonyl (C=O) groups excluding carboxylic acids is 2. The summed E-state index contributed by atoms with van der Waals surface area (Å²) in [7, 11) is -3.33. The molecule has 0 fully saturated rings. The van der Waals surface area contributed by atoms with Crippen LogP contribution in [0.1, 0.15) is 30.6 Å². The molecule has 0 radical (unpaired) electrons. The molecule has 136 valence electrons. The van der Waals surface area contributed by atoms with Crippen molar-refractivity contribution in [1.82, 2.24) is 10.6 Å².